The molecule has 3 heterocycles. The third-order valence-electron chi connectivity index (χ3n) is 5.54. The van der Waals surface area contributed by atoms with E-state index in [4.69, 9.17) is 9.84 Å². The minimum absolute atomic E-state index is 0.109. The summed E-state index contributed by atoms with van der Waals surface area (Å²) in [7, 11) is 0. The number of aryl methyl sites for hydroxylation is 1. The zero-order valence-corrected chi connectivity index (χ0v) is 16.6. The molecule has 4 rings (SSSR count). The number of ether oxygens (including phenoxy) is 1. The van der Waals surface area contributed by atoms with Crippen LogP contribution in [-0.4, -0.2) is 51.4 Å². The van der Waals surface area contributed by atoms with Gasteiger partial charge in [0.1, 0.15) is 5.75 Å². The second-order valence-corrected chi connectivity index (χ2v) is 7.71. The topological polar surface area (TPSA) is 96.7 Å². The molecule has 9 heteroatoms. The molecule has 2 aliphatic heterocycles. The van der Waals surface area contributed by atoms with E-state index in [0.29, 0.717) is 18.8 Å². The van der Waals surface area contributed by atoms with E-state index in [1.165, 1.54) is 0 Å². The van der Waals surface area contributed by atoms with Gasteiger partial charge in [0.15, 0.2) is 6.80 Å². The maximum Gasteiger partial charge on any atom is 0.304 e. The fourth-order valence-electron chi connectivity index (χ4n) is 4.03. The van der Waals surface area contributed by atoms with Crippen LogP contribution in [0.15, 0.2) is 24.4 Å². The molecule has 0 saturated heterocycles. The first-order chi connectivity index (χ1) is 14.5. The Morgan fingerprint density at radius 2 is 2.23 bits per heavy atom. The zero-order valence-electron chi connectivity index (χ0n) is 16.6. The van der Waals surface area contributed by atoms with Gasteiger partial charge in [-0.2, -0.15) is 0 Å². The molecule has 0 radical (unpaired) electrons. The van der Waals surface area contributed by atoms with E-state index in [9.17, 15) is 14.0 Å². The Bertz CT molecular complexity index is 922. The molecular weight excluding hydrogens is 391 g/mol. The molecule has 1 aromatic carbocycles. The van der Waals surface area contributed by atoms with E-state index in [2.05, 4.69) is 14.9 Å². The van der Waals surface area contributed by atoms with Crippen molar-refractivity contribution >= 4 is 17.8 Å². The molecule has 30 heavy (non-hydrogen) atoms. The van der Waals surface area contributed by atoms with Crippen LogP contribution in [0.25, 0.3) is 0 Å². The number of halogens is 1. The molecule has 160 valence electrons. The summed E-state index contributed by atoms with van der Waals surface area (Å²) < 4.78 is 21.4. The predicted octanol–water partition coefficient (Wildman–Crippen LogP) is 2.22. The van der Waals surface area contributed by atoms with Gasteiger partial charge in [-0.3, -0.25) is 9.59 Å². The molecule has 2 aliphatic rings. The van der Waals surface area contributed by atoms with Gasteiger partial charge in [0.25, 0.3) is 0 Å². The Morgan fingerprint density at radius 1 is 1.37 bits per heavy atom. The number of hydrogen-bond donors (Lipinski definition) is 2. The Labute approximate surface area is 173 Å². The van der Waals surface area contributed by atoms with Crippen molar-refractivity contribution in [3.8, 4) is 5.75 Å². The number of amides is 1. The van der Waals surface area contributed by atoms with Crippen LogP contribution in [0.5, 0.6) is 5.75 Å². The number of aliphatic carboxylic acids is 1. The molecule has 1 aromatic heterocycles. The summed E-state index contributed by atoms with van der Waals surface area (Å²) in [5.41, 5.74) is 2.60. The van der Waals surface area contributed by atoms with Gasteiger partial charge in [-0.1, -0.05) is 6.07 Å². The molecule has 0 saturated carbocycles. The van der Waals surface area contributed by atoms with Crippen LogP contribution in [0.1, 0.15) is 29.7 Å². The van der Waals surface area contributed by atoms with Gasteiger partial charge in [0.2, 0.25) is 11.9 Å². The summed E-state index contributed by atoms with van der Waals surface area (Å²) >= 11 is 0. The number of rotatable bonds is 7. The van der Waals surface area contributed by atoms with Crippen LogP contribution in [0.2, 0.25) is 0 Å². The van der Waals surface area contributed by atoms with E-state index in [0.717, 1.165) is 47.2 Å². The average Bonchev–Trinajstić information content (AvgIpc) is 3.09. The van der Waals surface area contributed by atoms with Crippen LogP contribution in [-0.2, 0) is 35.5 Å². The van der Waals surface area contributed by atoms with Crippen molar-refractivity contribution in [1.29, 1.82) is 0 Å². The minimum Gasteiger partial charge on any atom is -0.493 e. The van der Waals surface area contributed by atoms with Crippen molar-refractivity contribution in [3.05, 3.63) is 41.2 Å². The number of fused-ring (bicyclic) bond motifs is 2. The number of aromatic nitrogens is 2. The molecule has 0 bridgehead atoms. The van der Waals surface area contributed by atoms with Crippen LogP contribution in [0.3, 0.4) is 0 Å². The van der Waals surface area contributed by atoms with Gasteiger partial charge >= 0.3 is 5.97 Å². The summed E-state index contributed by atoms with van der Waals surface area (Å²) in [4.78, 5) is 29.2. The van der Waals surface area contributed by atoms with Crippen LogP contribution in [0.4, 0.5) is 10.3 Å². The SMILES string of the molecule is O=C(O)CC1Cc2ccc(OCCc3cn4c(n3)NCCC4)cc2CN(CF)C1=O. The van der Waals surface area contributed by atoms with Crippen molar-refractivity contribution in [2.45, 2.75) is 38.8 Å². The Balaban J connectivity index is 1.42. The second-order valence-electron chi connectivity index (χ2n) is 7.71. The number of carbonyl (C=O) groups is 2. The third kappa shape index (κ3) is 4.39. The fraction of sp³-hybridized carbons (Fsp3) is 0.476. The lowest BCUT2D eigenvalue weighted by atomic mass is 9.94. The molecule has 8 nitrogen and oxygen atoms in total. The Kier molecular flexibility index (Phi) is 5.87. The van der Waals surface area contributed by atoms with Gasteiger partial charge in [0.05, 0.1) is 24.6 Å². The van der Waals surface area contributed by atoms with Crippen molar-refractivity contribution in [1.82, 2.24) is 14.5 Å². The summed E-state index contributed by atoms with van der Waals surface area (Å²) in [6.45, 7) is 1.51. The summed E-state index contributed by atoms with van der Waals surface area (Å²) in [5, 5.41) is 12.3. The number of hydrogen-bond acceptors (Lipinski definition) is 5. The quantitative estimate of drug-likeness (QED) is 0.672. The maximum absolute atomic E-state index is 13.4. The van der Waals surface area contributed by atoms with Crippen LogP contribution < -0.4 is 10.1 Å². The van der Waals surface area contributed by atoms with Gasteiger partial charge in [0, 0.05) is 32.3 Å². The number of anilines is 1. The second kappa shape index (κ2) is 8.73. The first-order valence-corrected chi connectivity index (χ1v) is 10.1. The van der Waals surface area contributed by atoms with E-state index in [1.807, 2.05) is 24.4 Å². The summed E-state index contributed by atoms with van der Waals surface area (Å²) in [6, 6.07) is 5.47. The fourth-order valence-corrected chi connectivity index (χ4v) is 4.03. The molecule has 2 aromatic rings. The molecule has 1 unspecified atom stereocenters. The van der Waals surface area contributed by atoms with Crippen LogP contribution >= 0.6 is 0 Å². The Hall–Kier alpha value is -3.10. The standard InChI is InChI=1S/C21H25FN4O4/c22-13-26-11-16-9-18(3-2-14(16)8-15(20(26)29)10-19(27)28)30-7-4-17-12-25-6-1-5-23-21(25)24-17/h2-3,9,12,15H,1,4-8,10-11,13H2,(H,23,24)(H,27,28). The van der Waals surface area contributed by atoms with Crippen molar-refractivity contribution in [3.63, 3.8) is 0 Å². The lowest BCUT2D eigenvalue weighted by molar-refractivity contribution is -0.145. The van der Waals surface area contributed by atoms with Crippen molar-refractivity contribution < 1.29 is 23.8 Å². The molecule has 2 N–H and O–H groups in total. The number of carboxylic acid groups (broad SMARTS) is 1. The van der Waals surface area contributed by atoms with E-state index < -0.39 is 24.6 Å². The lowest BCUT2D eigenvalue weighted by Crippen LogP contribution is -2.35. The monoisotopic (exact) mass is 416 g/mol. The summed E-state index contributed by atoms with van der Waals surface area (Å²) in [6.07, 6.45) is 3.75. The number of carbonyl (C=O) groups excluding carboxylic acids is 1. The van der Waals surface area contributed by atoms with Crippen LogP contribution in [0, 0.1) is 5.92 Å². The molecule has 1 amide bonds. The highest BCUT2D eigenvalue weighted by molar-refractivity contribution is 5.84. The maximum atomic E-state index is 13.4. The van der Waals surface area contributed by atoms with E-state index >= 15 is 0 Å². The zero-order chi connectivity index (χ0) is 21.1. The molecule has 0 aliphatic carbocycles. The van der Waals surface area contributed by atoms with Gasteiger partial charge in [-0.25, -0.2) is 9.37 Å². The normalized spacial score (nSPS) is 18.2. The van der Waals surface area contributed by atoms with E-state index in [-0.39, 0.29) is 19.4 Å². The van der Waals surface area contributed by atoms with Crippen molar-refractivity contribution in [2.75, 3.05) is 25.3 Å². The minimum atomic E-state index is -1.06. The highest BCUT2D eigenvalue weighted by atomic mass is 19.1. The average molecular weight is 416 g/mol. The van der Waals surface area contributed by atoms with Gasteiger partial charge < -0.3 is 24.6 Å². The number of imidazole rings is 1. The molecular formula is C21H25FN4O4. The first-order valence-electron chi connectivity index (χ1n) is 10.1. The number of alkyl halides is 1. The third-order valence-corrected chi connectivity index (χ3v) is 5.54. The summed E-state index contributed by atoms with van der Waals surface area (Å²) in [5.74, 6) is -0.749. The number of benzene rings is 1. The Morgan fingerprint density at radius 3 is 3.00 bits per heavy atom. The predicted molar refractivity (Wildman–Crippen MR) is 107 cm³/mol. The first kappa shape index (κ1) is 20.2. The number of carboxylic acids is 1. The largest absolute Gasteiger partial charge is 0.493 e. The highest BCUT2D eigenvalue weighted by Crippen LogP contribution is 2.28. The molecule has 0 spiro atoms. The highest BCUT2D eigenvalue weighted by Gasteiger charge is 2.31. The smallest absolute Gasteiger partial charge is 0.304 e. The molecule has 0 fully saturated rings. The number of nitrogens with one attached hydrogen (secondary N) is 1. The van der Waals surface area contributed by atoms with Gasteiger partial charge in [-0.15, -0.1) is 0 Å². The van der Waals surface area contributed by atoms with Crippen molar-refractivity contribution in [2.24, 2.45) is 5.92 Å². The number of nitrogens with zero attached hydrogens (tertiary/aromatic N) is 3. The molecule has 1 atom stereocenters. The van der Waals surface area contributed by atoms with Gasteiger partial charge in [-0.05, 0) is 36.1 Å². The lowest BCUT2D eigenvalue weighted by Gasteiger charge is -2.20. The van der Waals surface area contributed by atoms with E-state index in [1.54, 1.807) is 0 Å².